The number of aryl methyl sites for hydroxylation is 1. The number of hydrogen-bond acceptors (Lipinski definition) is 4. The van der Waals surface area contributed by atoms with Crippen LogP contribution in [0.15, 0.2) is 6.20 Å². The van der Waals surface area contributed by atoms with Gasteiger partial charge in [0.25, 0.3) is 0 Å². The van der Waals surface area contributed by atoms with Crippen molar-refractivity contribution in [3.05, 3.63) is 17.7 Å². The molecule has 0 spiro atoms. The van der Waals surface area contributed by atoms with E-state index in [9.17, 15) is 0 Å². The topological polar surface area (TPSA) is 64.7 Å². The molecule has 4 nitrogen and oxygen atoms in total. The van der Waals surface area contributed by atoms with E-state index in [2.05, 4.69) is 29.0 Å². The van der Waals surface area contributed by atoms with Crippen molar-refractivity contribution in [2.45, 2.75) is 26.7 Å². The zero-order valence-electron chi connectivity index (χ0n) is 8.36. The van der Waals surface area contributed by atoms with Gasteiger partial charge in [0.1, 0.15) is 5.82 Å². The smallest absolute Gasteiger partial charge is 0.147 e. The van der Waals surface area contributed by atoms with Crippen molar-refractivity contribution in [3.63, 3.8) is 0 Å². The summed E-state index contributed by atoms with van der Waals surface area (Å²) >= 11 is 0. The maximum atomic E-state index is 5.65. The fraction of sp³-hybridized carbons (Fsp3) is 0.667. The number of nitrogens with two attached hydrogens (primary N) is 1. The molecule has 0 fully saturated rings. The number of aromatic nitrogens is 3. The van der Waals surface area contributed by atoms with Crippen LogP contribution in [-0.4, -0.2) is 21.7 Å². The molecule has 4 heteroatoms. The van der Waals surface area contributed by atoms with Gasteiger partial charge in [-0.1, -0.05) is 13.8 Å². The first kappa shape index (κ1) is 10.1. The molecule has 0 saturated carbocycles. The van der Waals surface area contributed by atoms with Crippen LogP contribution in [0.2, 0.25) is 0 Å². The van der Waals surface area contributed by atoms with Gasteiger partial charge in [-0.2, -0.15) is 5.10 Å². The lowest BCUT2D eigenvalue weighted by molar-refractivity contribution is 0.487. The summed E-state index contributed by atoms with van der Waals surface area (Å²) in [6.07, 6.45) is 1.76. The van der Waals surface area contributed by atoms with Crippen LogP contribution in [0.25, 0.3) is 0 Å². The Morgan fingerprint density at radius 2 is 2.08 bits per heavy atom. The summed E-state index contributed by atoms with van der Waals surface area (Å²) in [6.45, 7) is 6.67. The Morgan fingerprint density at radius 3 is 2.46 bits per heavy atom. The highest BCUT2D eigenvalue weighted by Gasteiger charge is 2.15. The molecule has 0 aliphatic rings. The van der Waals surface area contributed by atoms with Gasteiger partial charge in [-0.25, -0.2) is 4.98 Å². The van der Waals surface area contributed by atoms with Crippen LogP contribution < -0.4 is 5.73 Å². The summed E-state index contributed by atoms with van der Waals surface area (Å²) in [5.74, 6) is 1.44. The van der Waals surface area contributed by atoms with Crippen molar-refractivity contribution < 1.29 is 0 Å². The van der Waals surface area contributed by atoms with Crippen LogP contribution in [0.1, 0.15) is 31.3 Å². The van der Waals surface area contributed by atoms with E-state index in [4.69, 9.17) is 5.73 Å². The summed E-state index contributed by atoms with van der Waals surface area (Å²) < 4.78 is 0. The summed E-state index contributed by atoms with van der Waals surface area (Å²) in [5, 5.41) is 7.99. The van der Waals surface area contributed by atoms with Crippen LogP contribution in [0.3, 0.4) is 0 Å². The highest BCUT2D eigenvalue weighted by atomic mass is 15.1. The van der Waals surface area contributed by atoms with E-state index in [1.165, 1.54) is 0 Å². The van der Waals surface area contributed by atoms with E-state index in [0.717, 1.165) is 5.69 Å². The van der Waals surface area contributed by atoms with E-state index < -0.39 is 0 Å². The fourth-order valence-electron chi connectivity index (χ4n) is 1.25. The minimum Gasteiger partial charge on any atom is -0.330 e. The molecule has 0 amide bonds. The van der Waals surface area contributed by atoms with Gasteiger partial charge >= 0.3 is 0 Å². The summed E-state index contributed by atoms with van der Waals surface area (Å²) in [6, 6.07) is 0. The SMILES string of the molecule is Cc1ncc(C(CN)C(C)C)nn1. The Labute approximate surface area is 78.6 Å². The molecule has 0 aliphatic carbocycles. The van der Waals surface area contributed by atoms with Crippen molar-refractivity contribution in [1.82, 2.24) is 15.2 Å². The summed E-state index contributed by atoms with van der Waals surface area (Å²) in [7, 11) is 0. The number of rotatable bonds is 3. The Morgan fingerprint density at radius 1 is 1.38 bits per heavy atom. The van der Waals surface area contributed by atoms with E-state index in [0.29, 0.717) is 18.3 Å². The Balaban J connectivity index is 2.86. The number of hydrogen-bond donors (Lipinski definition) is 1. The fourth-order valence-corrected chi connectivity index (χ4v) is 1.25. The maximum absolute atomic E-state index is 5.65. The molecule has 0 radical (unpaired) electrons. The van der Waals surface area contributed by atoms with E-state index in [1.807, 2.05) is 6.92 Å². The second kappa shape index (κ2) is 4.28. The molecule has 0 bridgehead atoms. The molecule has 1 rings (SSSR count). The van der Waals surface area contributed by atoms with Crippen LogP contribution in [-0.2, 0) is 0 Å². The molecule has 0 saturated heterocycles. The van der Waals surface area contributed by atoms with Crippen LogP contribution in [0.5, 0.6) is 0 Å². The van der Waals surface area contributed by atoms with Crippen molar-refractivity contribution >= 4 is 0 Å². The molecule has 2 N–H and O–H groups in total. The highest BCUT2D eigenvalue weighted by molar-refractivity contribution is 5.04. The quantitative estimate of drug-likeness (QED) is 0.750. The largest absolute Gasteiger partial charge is 0.330 e. The zero-order valence-corrected chi connectivity index (χ0v) is 8.36. The second-order valence-corrected chi connectivity index (χ2v) is 3.52. The first-order valence-corrected chi connectivity index (χ1v) is 4.51. The van der Waals surface area contributed by atoms with E-state index >= 15 is 0 Å². The second-order valence-electron chi connectivity index (χ2n) is 3.52. The van der Waals surface area contributed by atoms with Gasteiger partial charge in [-0.05, 0) is 12.8 Å². The molecule has 72 valence electrons. The van der Waals surface area contributed by atoms with Crippen LogP contribution >= 0.6 is 0 Å². The van der Waals surface area contributed by atoms with Gasteiger partial charge in [0.05, 0.1) is 11.9 Å². The zero-order chi connectivity index (χ0) is 9.84. The first-order chi connectivity index (χ1) is 6.15. The predicted octanol–water partition coefficient (Wildman–Crippen LogP) is 0.878. The Hall–Kier alpha value is -1.03. The van der Waals surface area contributed by atoms with Gasteiger partial charge < -0.3 is 5.73 Å². The monoisotopic (exact) mass is 180 g/mol. The number of nitrogens with zero attached hydrogens (tertiary/aromatic N) is 3. The van der Waals surface area contributed by atoms with Crippen molar-refractivity contribution in [2.24, 2.45) is 11.7 Å². The molecule has 1 unspecified atom stereocenters. The standard InChI is InChI=1S/C9H16N4/c1-6(2)8(4-10)9-5-11-7(3)12-13-9/h5-6,8H,4,10H2,1-3H3. The van der Waals surface area contributed by atoms with Crippen molar-refractivity contribution in [1.29, 1.82) is 0 Å². The van der Waals surface area contributed by atoms with Gasteiger partial charge in [0.15, 0.2) is 0 Å². The minimum atomic E-state index is 0.264. The Bertz CT molecular complexity index is 255. The third kappa shape index (κ3) is 2.45. The van der Waals surface area contributed by atoms with Gasteiger partial charge in [-0.15, -0.1) is 5.10 Å². The molecular weight excluding hydrogens is 164 g/mol. The normalized spacial score (nSPS) is 13.3. The first-order valence-electron chi connectivity index (χ1n) is 4.51. The van der Waals surface area contributed by atoms with Crippen LogP contribution in [0, 0.1) is 12.8 Å². The van der Waals surface area contributed by atoms with Gasteiger partial charge in [0, 0.05) is 12.5 Å². The van der Waals surface area contributed by atoms with Gasteiger partial charge in [-0.3, -0.25) is 0 Å². The lowest BCUT2D eigenvalue weighted by Gasteiger charge is -2.16. The highest BCUT2D eigenvalue weighted by Crippen LogP contribution is 2.19. The van der Waals surface area contributed by atoms with Crippen molar-refractivity contribution in [2.75, 3.05) is 6.54 Å². The van der Waals surface area contributed by atoms with E-state index in [-0.39, 0.29) is 5.92 Å². The average molecular weight is 180 g/mol. The molecule has 1 aromatic rings. The lowest BCUT2D eigenvalue weighted by Crippen LogP contribution is -2.19. The Kier molecular flexibility index (Phi) is 3.31. The molecule has 0 aromatic carbocycles. The molecule has 13 heavy (non-hydrogen) atoms. The third-order valence-corrected chi connectivity index (χ3v) is 2.13. The van der Waals surface area contributed by atoms with E-state index in [1.54, 1.807) is 6.20 Å². The summed E-state index contributed by atoms with van der Waals surface area (Å²) in [5.41, 5.74) is 6.54. The summed E-state index contributed by atoms with van der Waals surface area (Å²) in [4.78, 5) is 4.10. The average Bonchev–Trinajstić information content (AvgIpc) is 2.09. The predicted molar refractivity (Wildman–Crippen MR) is 51.2 cm³/mol. The molecule has 1 heterocycles. The lowest BCUT2D eigenvalue weighted by atomic mass is 9.93. The molecule has 1 atom stereocenters. The molecule has 1 aromatic heterocycles. The minimum absolute atomic E-state index is 0.264. The molecular formula is C9H16N4. The van der Waals surface area contributed by atoms with Crippen molar-refractivity contribution in [3.8, 4) is 0 Å². The molecule has 0 aliphatic heterocycles. The van der Waals surface area contributed by atoms with Gasteiger partial charge in [0.2, 0.25) is 0 Å². The third-order valence-electron chi connectivity index (χ3n) is 2.13. The maximum Gasteiger partial charge on any atom is 0.147 e. The van der Waals surface area contributed by atoms with Crippen LogP contribution in [0.4, 0.5) is 0 Å².